The molecule has 0 saturated heterocycles. The summed E-state index contributed by atoms with van der Waals surface area (Å²) in [5, 5.41) is 7.58. The lowest BCUT2D eigenvalue weighted by atomic mass is 10.2. The Morgan fingerprint density at radius 1 is 1.16 bits per heavy atom. The zero-order valence-corrected chi connectivity index (χ0v) is 18.8. The summed E-state index contributed by atoms with van der Waals surface area (Å²) in [6, 6.07) is 12.3. The van der Waals surface area contributed by atoms with Gasteiger partial charge < -0.3 is 16.0 Å². The molecule has 0 radical (unpaired) electrons. The van der Waals surface area contributed by atoms with Gasteiger partial charge in [0, 0.05) is 11.4 Å². The van der Waals surface area contributed by atoms with Crippen molar-refractivity contribution >= 4 is 44.6 Å². The van der Waals surface area contributed by atoms with Crippen molar-refractivity contribution in [2.24, 2.45) is 5.73 Å². The molecule has 1 aromatic carbocycles. The lowest BCUT2D eigenvalue weighted by Gasteiger charge is -2.26. The number of primary amides is 1. The zero-order valence-electron chi connectivity index (χ0n) is 17.2. The number of carbonyl (C=O) groups is 3. The standard InChI is InChI=1S/C21H23BrN6O3/c1-13(2)27(11-18(29)24-10-14-6-5-9-17(22)25-14)19(30)12-28-16-8-4-3-7-15(16)20(26-28)21(23)31/h3-9,13H,10-12H2,1-2H3,(H2,23,31)(H,24,29). The van der Waals surface area contributed by atoms with Crippen LogP contribution < -0.4 is 11.1 Å². The number of aromatic nitrogens is 3. The van der Waals surface area contributed by atoms with E-state index in [9.17, 15) is 14.4 Å². The molecule has 162 valence electrons. The highest BCUT2D eigenvalue weighted by atomic mass is 79.9. The first-order chi connectivity index (χ1) is 14.8. The SMILES string of the molecule is CC(C)N(CC(=O)NCc1cccc(Br)n1)C(=O)Cn1nc(C(N)=O)c2ccccc21. The molecule has 0 spiro atoms. The Hall–Kier alpha value is -3.27. The Morgan fingerprint density at radius 2 is 1.90 bits per heavy atom. The molecule has 0 bridgehead atoms. The Bertz CT molecular complexity index is 1130. The Morgan fingerprint density at radius 3 is 2.58 bits per heavy atom. The zero-order chi connectivity index (χ0) is 22.5. The third-order valence-electron chi connectivity index (χ3n) is 4.67. The number of hydrogen-bond acceptors (Lipinski definition) is 5. The average molecular weight is 487 g/mol. The van der Waals surface area contributed by atoms with E-state index in [-0.39, 0.29) is 43.2 Å². The number of para-hydroxylation sites is 1. The molecule has 3 aromatic rings. The van der Waals surface area contributed by atoms with Crippen LogP contribution in [-0.4, -0.2) is 50.0 Å². The average Bonchev–Trinajstić information content (AvgIpc) is 3.09. The van der Waals surface area contributed by atoms with Gasteiger partial charge in [-0.05, 0) is 48.0 Å². The third-order valence-corrected chi connectivity index (χ3v) is 5.12. The highest BCUT2D eigenvalue weighted by molar-refractivity contribution is 9.10. The number of halogens is 1. The van der Waals surface area contributed by atoms with Crippen molar-refractivity contribution in [3.8, 4) is 0 Å². The minimum Gasteiger partial charge on any atom is -0.364 e. The number of amides is 3. The predicted molar refractivity (Wildman–Crippen MR) is 119 cm³/mol. The molecule has 3 amide bonds. The van der Waals surface area contributed by atoms with Crippen molar-refractivity contribution in [2.75, 3.05) is 6.54 Å². The first-order valence-electron chi connectivity index (χ1n) is 9.69. The summed E-state index contributed by atoms with van der Waals surface area (Å²) in [7, 11) is 0. The van der Waals surface area contributed by atoms with Crippen molar-refractivity contribution in [1.82, 2.24) is 25.0 Å². The fourth-order valence-electron chi connectivity index (χ4n) is 3.16. The number of rotatable bonds is 8. The molecule has 9 nitrogen and oxygen atoms in total. The van der Waals surface area contributed by atoms with Gasteiger partial charge in [-0.3, -0.25) is 19.1 Å². The van der Waals surface area contributed by atoms with Gasteiger partial charge >= 0.3 is 0 Å². The number of nitrogens with two attached hydrogens (primary N) is 1. The summed E-state index contributed by atoms with van der Waals surface area (Å²) in [5.74, 6) is -1.26. The Balaban J connectivity index is 1.70. The highest BCUT2D eigenvalue weighted by Crippen LogP contribution is 2.18. The third kappa shape index (κ3) is 5.46. The summed E-state index contributed by atoms with van der Waals surface area (Å²) in [4.78, 5) is 42.9. The van der Waals surface area contributed by atoms with Crippen LogP contribution in [0.2, 0.25) is 0 Å². The number of pyridine rings is 1. The van der Waals surface area contributed by atoms with Gasteiger partial charge in [0.1, 0.15) is 11.1 Å². The lowest BCUT2D eigenvalue weighted by molar-refractivity contribution is -0.138. The van der Waals surface area contributed by atoms with E-state index in [1.807, 2.05) is 19.9 Å². The van der Waals surface area contributed by atoms with Gasteiger partial charge in [0.25, 0.3) is 5.91 Å². The minimum atomic E-state index is -0.663. The van der Waals surface area contributed by atoms with E-state index in [1.54, 1.807) is 36.4 Å². The highest BCUT2D eigenvalue weighted by Gasteiger charge is 2.23. The van der Waals surface area contributed by atoms with Gasteiger partial charge in [-0.1, -0.05) is 24.3 Å². The Kier molecular flexibility index (Phi) is 7.01. The minimum absolute atomic E-state index is 0.105. The molecule has 0 aliphatic rings. The molecule has 31 heavy (non-hydrogen) atoms. The number of hydrogen-bond donors (Lipinski definition) is 2. The lowest BCUT2D eigenvalue weighted by Crippen LogP contribution is -2.45. The summed E-state index contributed by atoms with van der Waals surface area (Å²) < 4.78 is 2.12. The summed E-state index contributed by atoms with van der Waals surface area (Å²) in [6.45, 7) is 3.69. The van der Waals surface area contributed by atoms with Crippen molar-refractivity contribution in [1.29, 1.82) is 0 Å². The van der Waals surface area contributed by atoms with Gasteiger partial charge in [0.05, 0.1) is 24.3 Å². The van der Waals surface area contributed by atoms with Gasteiger partial charge in [-0.15, -0.1) is 0 Å². The summed E-state index contributed by atoms with van der Waals surface area (Å²) >= 11 is 3.29. The van der Waals surface area contributed by atoms with Crippen LogP contribution in [0, 0.1) is 0 Å². The largest absolute Gasteiger partial charge is 0.364 e. The van der Waals surface area contributed by atoms with Crippen LogP contribution in [0.5, 0.6) is 0 Å². The van der Waals surface area contributed by atoms with Crippen LogP contribution in [0.1, 0.15) is 30.0 Å². The molecule has 0 unspecified atom stereocenters. The van der Waals surface area contributed by atoms with Crippen LogP contribution in [0.3, 0.4) is 0 Å². The second-order valence-corrected chi connectivity index (χ2v) is 8.04. The van der Waals surface area contributed by atoms with Crippen molar-refractivity contribution in [3.05, 3.63) is 58.5 Å². The smallest absolute Gasteiger partial charge is 0.269 e. The van der Waals surface area contributed by atoms with E-state index in [0.717, 1.165) is 0 Å². The summed E-state index contributed by atoms with van der Waals surface area (Å²) in [5.41, 5.74) is 6.85. The van der Waals surface area contributed by atoms with Crippen LogP contribution in [0.25, 0.3) is 10.9 Å². The number of fused-ring (bicyclic) bond motifs is 1. The van der Waals surface area contributed by atoms with Crippen LogP contribution in [0.15, 0.2) is 47.1 Å². The van der Waals surface area contributed by atoms with E-state index in [1.165, 1.54) is 9.58 Å². The van der Waals surface area contributed by atoms with E-state index in [2.05, 4.69) is 31.3 Å². The molecule has 10 heteroatoms. The first-order valence-corrected chi connectivity index (χ1v) is 10.5. The van der Waals surface area contributed by atoms with Crippen molar-refractivity contribution in [2.45, 2.75) is 33.0 Å². The maximum atomic E-state index is 13.0. The molecule has 2 aromatic heterocycles. The van der Waals surface area contributed by atoms with Crippen molar-refractivity contribution in [3.63, 3.8) is 0 Å². The topological polar surface area (TPSA) is 123 Å². The second-order valence-electron chi connectivity index (χ2n) is 7.23. The molecule has 0 fully saturated rings. The van der Waals surface area contributed by atoms with Gasteiger partial charge in [-0.25, -0.2) is 4.98 Å². The van der Waals surface area contributed by atoms with Crippen LogP contribution in [-0.2, 0) is 22.7 Å². The van der Waals surface area contributed by atoms with E-state index < -0.39 is 5.91 Å². The quantitative estimate of drug-likeness (QED) is 0.470. The molecule has 0 saturated carbocycles. The molecule has 2 heterocycles. The van der Waals surface area contributed by atoms with Gasteiger partial charge in [0.15, 0.2) is 5.69 Å². The van der Waals surface area contributed by atoms with Gasteiger partial charge in [-0.2, -0.15) is 5.10 Å². The van der Waals surface area contributed by atoms with E-state index in [0.29, 0.717) is 21.2 Å². The van der Waals surface area contributed by atoms with Crippen molar-refractivity contribution < 1.29 is 14.4 Å². The van der Waals surface area contributed by atoms with E-state index in [4.69, 9.17) is 5.73 Å². The first kappa shape index (κ1) is 22.4. The normalized spacial score (nSPS) is 11.0. The number of benzene rings is 1. The molecular weight excluding hydrogens is 464 g/mol. The molecular formula is C21H23BrN6O3. The molecule has 0 aliphatic carbocycles. The van der Waals surface area contributed by atoms with E-state index >= 15 is 0 Å². The fourth-order valence-corrected chi connectivity index (χ4v) is 3.54. The van der Waals surface area contributed by atoms with Gasteiger partial charge in [0.2, 0.25) is 11.8 Å². The maximum absolute atomic E-state index is 13.0. The predicted octanol–water partition coefficient (Wildman–Crippen LogP) is 1.85. The number of carbonyl (C=O) groups excluding carboxylic acids is 3. The van der Waals surface area contributed by atoms with Crippen LogP contribution in [0.4, 0.5) is 0 Å². The molecule has 0 atom stereocenters. The Labute approximate surface area is 187 Å². The number of nitrogens with zero attached hydrogens (tertiary/aromatic N) is 4. The molecule has 3 N–H and O–H groups in total. The monoisotopic (exact) mass is 486 g/mol. The number of nitrogens with one attached hydrogen (secondary N) is 1. The van der Waals surface area contributed by atoms with Crippen LogP contribution >= 0.6 is 15.9 Å². The summed E-state index contributed by atoms with van der Waals surface area (Å²) in [6.07, 6.45) is 0. The fraction of sp³-hybridized carbons (Fsp3) is 0.286. The molecule has 0 aliphatic heterocycles. The maximum Gasteiger partial charge on any atom is 0.269 e. The molecule has 3 rings (SSSR count). The second kappa shape index (κ2) is 9.69.